The molecule has 0 bridgehead atoms. The minimum absolute atomic E-state index is 0.335. The monoisotopic (exact) mass is 269 g/mol. The maximum Gasteiger partial charge on any atom is 0.0809 e. The molecule has 0 unspecified atom stereocenters. The molecule has 0 aromatic carbocycles. The van der Waals surface area contributed by atoms with E-state index in [9.17, 15) is 0 Å². The summed E-state index contributed by atoms with van der Waals surface area (Å²) in [6, 6.07) is 2.59. The Kier molecular flexibility index (Phi) is 5.63. The Morgan fingerprint density at radius 1 is 1.61 bits per heavy atom. The van der Waals surface area contributed by atoms with Gasteiger partial charge in [0.25, 0.3) is 0 Å². The van der Waals surface area contributed by atoms with Gasteiger partial charge in [-0.05, 0) is 43.7 Å². The highest BCUT2D eigenvalue weighted by Gasteiger charge is 2.15. The summed E-state index contributed by atoms with van der Waals surface area (Å²) in [5.41, 5.74) is 1.38. The number of aryl methyl sites for hydroxylation is 1. The lowest BCUT2D eigenvalue weighted by atomic mass is 10.2. The van der Waals surface area contributed by atoms with E-state index < -0.39 is 0 Å². The minimum atomic E-state index is 0.335. The van der Waals surface area contributed by atoms with Gasteiger partial charge in [-0.15, -0.1) is 11.3 Å². The van der Waals surface area contributed by atoms with Crippen molar-refractivity contribution in [2.45, 2.75) is 38.8 Å². The number of hydrogen-bond acceptors (Lipinski definition) is 4. The van der Waals surface area contributed by atoms with Crippen molar-refractivity contribution >= 4 is 11.3 Å². The van der Waals surface area contributed by atoms with Gasteiger partial charge in [0.1, 0.15) is 0 Å². The van der Waals surface area contributed by atoms with E-state index in [-0.39, 0.29) is 0 Å². The van der Waals surface area contributed by atoms with E-state index in [1.54, 1.807) is 0 Å². The van der Waals surface area contributed by atoms with E-state index in [0.717, 1.165) is 32.8 Å². The second-order valence-corrected chi connectivity index (χ2v) is 5.80. The Balaban J connectivity index is 1.56. The van der Waals surface area contributed by atoms with Crippen molar-refractivity contribution in [3.63, 3.8) is 0 Å². The van der Waals surface area contributed by atoms with Gasteiger partial charge in [0.2, 0.25) is 0 Å². The lowest BCUT2D eigenvalue weighted by molar-refractivity contribution is 0.0179. The van der Waals surface area contributed by atoms with Gasteiger partial charge in [0.15, 0.2) is 0 Å². The van der Waals surface area contributed by atoms with Gasteiger partial charge in [0.05, 0.1) is 19.3 Å². The average Bonchev–Trinajstić information content (AvgIpc) is 2.99. The van der Waals surface area contributed by atoms with Gasteiger partial charge in [0, 0.05) is 24.1 Å². The van der Waals surface area contributed by atoms with E-state index in [2.05, 4.69) is 30.6 Å². The van der Waals surface area contributed by atoms with E-state index in [0.29, 0.717) is 12.1 Å². The molecule has 0 aliphatic carbocycles. The molecule has 1 N–H and O–H groups in total. The Morgan fingerprint density at radius 2 is 2.50 bits per heavy atom. The second kappa shape index (κ2) is 7.24. The van der Waals surface area contributed by atoms with Gasteiger partial charge in [-0.2, -0.15) is 0 Å². The van der Waals surface area contributed by atoms with Crippen molar-refractivity contribution < 1.29 is 9.47 Å². The van der Waals surface area contributed by atoms with Gasteiger partial charge >= 0.3 is 0 Å². The second-order valence-electron chi connectivity index (χ2n) is 4.85. The fraction of sp³-hybridized carbons (Fsp3) is 0.714. The smallest absolute Gasteiger partial charge is 0.0809 e. The SMILES string of the molecule is Cc1ccsc1[C@H](C)NCCOC[C@@H]1CCCO1. The quantitative estimate of drug-likeness (QED) is 0.772. The molecule has 0 saturated carbocycles. The van der Waals surface area contributed by atoms with Gasteiger partial charge in [-0.25, -0.2) is 0 Å². The van der Waals surface area contributed by atoms with Gasteiger partial charge in [-0.1, -0.05) is 0 Å². The van der Waals surface area contributed by atoms with Crippen molar-refractivity contribution in [2.75, 3.05) is 26.4 Å². The van der Waals surface area contributed by atoms with Crippen LogP contribution in [-0.4, -0.2) is 32.5 Å². The zero-order valence-corrected chi connectivity index (χ0v) is 12.1. The summed E-state index contributed by atoms with van der Waals surface area (Å²) in [7, 11) is 0. The topological polar surface area (TPSA) is 30.5 Å². The summed E-state index contributed by atoms with van der Waals surface area (Å²) in [6.07, 6.45) is 2.67. The van der Waals surface area contributed by atoms with Crippen molar-refractivity contribution in [3.05, 3.63) is 21.9 Å². The van der Waals surface area contributed by atoms with Crippen molar-refractivity contribution in [2.24, 2.45) is 0 Å². The molecule has 0 spiro atoms. The minimum Gasteiger partial charge on any atom is -0.377 e. The highest BCUT2D eigenvalue weighted by molar-refractivity contribution is 7.10. The first-order valence-electron chi connectivity index (χ1n) is 6.74. The molecular weight excluding hydrogens is 246 g/mol. The first-order valence-corrected chi connectivity index (χ1v) is 7.62. The average molecular weight is 269 g/mol. The number of nitrogens with one attached hydrogen (secondary N) is 1. The molecular formula is C14H23NO2S. The van der Waals surface area contributed by atoms with Crippen LogP contribution in [0.2, 0.25) is 0 Å². The molecule has 2 atom stereocenters. The third-order valence-corrected chi connectivity index (χ3v) is 4.52. The normalized spacial score (nSPS) is 21.3. The van der Waals surface area contributed by atoms with Crippen LogP contribution in [0.1, 0.15) is 36.2 Å². The Hall–Kier alpha value is -0.420. The molecule has 2 heterocycles. The number of ether oxygens (including phenoxy) is 2. The van der Waals surface area contributed by atoms with Crippen molar-refractivity contribution in [1.82, 2.24) is 5.32 Å². The summed E-state index contributed by atoms with van der Waals surface area (Å²) in [4.78, 5) is 1.43. The van der Waals surface area contributed by atoms with Gasteiger partial charge in [-0.3, -0.25) is 0 Å². The summed E-state index contributed by atoms with van der Waals surface area (Å²) >= 11 is 1.82. The Morgan fingerprint density at radius 3 is 3.17 bits per heavy atom. The zero-order valence-electron chi connectivity index (χ0n) is 11.3. The van der Waals surface area contributed by atoms with E-state index >= 15 is 0 Å². The molecule has 0 amide bonds. The fourth-order valence-corrected chi connectivity index (χ4v) is 3.22. The van der Waals surface area contributed by atoms with Crippen LogP contribution >= 0.6 is 11.3 Å². The van der Waals surface area contributed by atoms with Crippen molar-refractivity contribution in [1.29, 1.82) is 0 Å². The summed E-state index contributed by atoms with van der Waals surface area (Å²) in [5, 5.41) is 5.65. The molecule has 0 radical (unpaired) electrons. The molecule has 1 aromatic heterocycles. The third-order valence-electron chi connectivity index (χ3n) is 3.32. The van der Waals surface area contributed by atoms with Crippen LogP contribution in [0.4, 0.5) is 0 Å². The molecule has 1 aliphatic rings. The zero-order chi connectivity index (χ0) is 12.8. The third kappa shape index (κ3) is 4.05. The maximum absolute atomic E-state index is 5.63. The van der Waals surface area contributed by atoms with Crippen LogP contribution in [0.3, 0.4) is 0 Å². The first kappa shape index (κ1) is 14.0. The van der Waals surface area contributed by atoms with Crippen LogP contribution < -0.4 is 5.32 Å². The molecule has 2 rings (SSSR count). The van der Waals surface area contributed by atoms with Crippen LogP contribution in [-0.2, 0) is 9.47 Å². The molecule has 1 aromatic rings. The molecule has 1 saturated heterocycles. The molecule has 4 heteroatoms. The molecule has 1 fully saturated rings. The Bertz CT molecular complexity index is 347. The molecule has 102 valence electrons. The standard InChI is InChI=1S/C14H23NO2S/c1-11-5-9-18-14(11)12(2)15-6-8-16-10-13-4-3-7-17-13/h5,9,12-13,15H,3-4,6-8,10H2,1-2H3/t12-,13-/m0/s1. The summed E-state index contributed by atoms with van der Waals surface area (Å²) in [5.74, 6) is 0. The van der Waals surface area contributed by atoms with Crippen molar-refractivity contribution in [3.8, 4) is 0 Å². The van der Waals surface area contributed by atoms with E-state index in [4.69, 9.17) is 9.47 Å². The predicted molar refractivity (Wildman–Crippen MR) is 75.3 cm³/mol. The van der Waals surface area contributed by atoms with Crippen LogP contribution in [0.5, 0.6) is 0 Å². The summed E-state index contributed by atoms with van der Waals surface area (Å²) < 4.78 is 11.1. The first-order chi connectivity index (χ1) is 8.77. The molecule has 18 heavy (non-hydrogen) atoms. The highest BCUT2D eigenvalue weighted by atomic mass is 32.1. The lowest BCUT2D eigenvalue weighted by Gasteiger charge is -2.14. The van der Waals surface area contributed by atoms with Crippen LogP contribution in [0.25, 0.3) is 0 Å². The maximum atomic E-state index is 5.63. The van der Waals surface area contributed by atoms with Crippen LogP contribution in [0.15, 0.2) is 11.4 Å². The van der Waals surface area contributed by atoms with E-state index in [1.807, 2.05) is 11.3 Å². The van der Waals surface area contributed by atoms with Crippen LogP contribution in [0, 0.1) is 6.92 Å². The molecule has 1 aliphatic heterocycles. The molecule has 3 nitrogen and oxygen atoms in total. The number of thiophene rings is 1. The fourth-order valence-electron chi connectivity index (χ4n) is 2.26. The number of hydrogen-bond donors (Lipinski definition) is 1. The number of rotatable bonds is 7. The van der Waals surface area contributed by atoms with E-state index in [1.165, 1.54) is 16.9 Å². The van der Waals surface area contributed by atoms with Gasteiger partial charge < -0.3 is 14.8 Å². The summed E-state index contributed by atoms with van der Waals surface area (Å²) in [6.45, 7) is 7.67. The lowest BCUT2D eigenvalue weighted by Crippen LogP contribution is -2.25. The Labute approximate surface area is 113 Å². The largest absolute Gasteiger partial charge is 0.377 e. The highest BCUT2D eigenvalue weighted by Crippen LogP contribution is 2.23. The predicted octanol–water partition coefficient (Wildman–Crippen LogP) is 2.90.